The number of sulfonamides is 1. The fraction of sp³-hybridized carbons (Fsp3) is 0.611. The molecule has 1 aromatic rings. The van der Waals surface area contributed by atoms with Gasteiger partial charge in [-0.05, 0) is 57.2 Å². The molecule has 2 aliphatic heterocycles. The summed E-state index contributed by atoms with van der Waals surface area (Å²) in [7, 11) is -3.69. The minimum Gasteiger partial charge on any atom is -0.341 e. The van der Waals surface area contributed by atoms with Gasteiger partial charge in [-0.2, -0.15) is 4.72 Å². The normalized spacial score (nSPS) is 21.4. The minimum absolute atomic E-state index is 0.142. The molecule has 2 aliphatic rings. The van der Waals surface area contributed by atoms with E-state index in [4.69, 9.17) is 0 Å². The lowest BCUT2D eigenvalue weighted by Crippen LogP contribution is -2.51. The summed E-state index contributed by atoms with van der Waals surface area (Å²) in [5.74, 6) is -0.142. The smallest absolute Gasteiger partial charge is 0.241 e. The average Bonchev–Trinajstić information content (AvgIpc) is 3.03. The fourth-order valence-corrected chi connectivity index (χ4v) is 4.96. The molecule has 1 unspecified atom stereocenters. The number of nitrogens with one attached hydrogen (secondary N) is 2. The molecule has 0 aromatic heterocycles. The fourth-order valence-electron chi connectivity index (χ4n) is 3.77. The van der Waals surface area contributed by atoms with E-state index in [0.29, 0.717) is 18.5 Å². The topological polar surface area (TPSA) is 78.5 Å². The van der Waals surface area contributed by atoms with Crippen molar-refractivity contribution in [3.63, 3.8) is 0 Å². The van der Waals surface area contributed by atoms with Crippen molar-refractivity contribution in [3.8, 4) is 0 Å². The van der Waals surface area contributed by atoms with Crippen molar-refractivity contribution in [2.24, 2.45) is 5.41 Å². The zero-order chi connectivity index (χ0) is 18.1. The molecule has 0 aliphatic carbocycles. The molecule has 2 heterocycles. The van der Waals surface area contributed by atoms with E-state index in [2.05, 4.69) is 10.0 Å². The number of aryl methyl sites for hydroxylation is 1. The van der Waals surface area contributed by atoms with Crippen LogP contribution < -0.4 is 10.0 Å². The van der Waals surface area contributed by atoms with Gasteiger partial charge >= 0.3 is 0 Å². The molecule has 7 heteroatoms. The van der Waals surface area contributed by atoms with E-state index in [1.807, 2.05) is 6.92 Å². The Hall–Kier alpha value is -1.44. The van der Waals surface area contributed by atoms with Crippen molar-refractivity contribution in [3.05, 3.63) is 29.8 Å². The Bertz CT molecular complexity index is 714. The molecule has 2 fully saturated rings. The second-order valence-electron chi connectivity index (χ2n) is 7.41. The molecular weight excluding hydrogens is 338 g/mol. The Morgan fingerprint density at radius 3 is 2.40 bits per heavy atom. The standard InChI is InChI=1S/C18H27N3O3S/c1-14-3-5-16(6-4-14)25(23,24)20-15(2)17(22)21-11-8-18(9-12-21)7-10-19-13-18/h3-6,15,19-20H,7-13H2,1-2H3. The maximum absolute atomic E-state index is 12.6. The van der Waals surface area contributed by atoms with Crippen LogP contribution in [0.1, 0.15) is 31.7 Å². The third-order valence-corrected chi connectivity index (χ3v) is 7.06. The molecule has 138 valence electrons. The summed E-state index contributed by atoms with van der Waals surface area (Å²) in [6.07, 6.45) is 3.15. The molecule has 1 amide bonds. The summed E-state index contributed by atoms with van der Waals surface area (Å²) in [4.78, 5) is 14.6. The Kier molecular flexibility index (Phi) is 5.18. The van der Waals surface area contributed by atoms with Gasteiger partial charge in [-0.1, -0.05) is 17.7 Å². The Morgan fingerprint density at radius 1 is 1.20 bits per heavy atom. The van der Waals surface area contributed by atoms with Crippen molar-refractivity contribution in [2.45, 2.75) is 44.0 Å². The van der Waals surface area contributed by atoms with E-state index in [-0.39, 0.29) is 10.8 Å². The van der Waals surface area contributed by atoms with E-state index in [0.717, 1.165) is 31.5 Å². The van der Waals surface area contributed by atoms with Crippen LogP contribution >= 0.6 is 0 Å². The molecule has 0 bridgehead atoms. The first-order valence-corrected chi connectivity index (χ1v) is 10.4. The first kappa shape index (κ1) is 18.4. The van der Waals surface area contributed by atoms with Gasteiger partial charge in [0, 0.05) is 19.6 Å². The first-order chi connectivity index (χ1) is 11.8. The molecule has 25 heavy (non-hydrogen) atoms. The number of hydrogen-bond donors (Lipinski definition) is 2. The van der Waals surface area contributed by atoms with E-state index >= 15 is 0 Å². The van der Waals surface area contributed by atoms with Crippen LogP contribution in [0.3, 0.4) is 0 Å². The number of amides is 1. The molecule has 0 saturated carbocycles. The van der Waals surface area contributed by atoms with Gasteiger partial charge in [-0.25, -0.2) is 8.42 Å². The third-order valence-electron chi connectivity index (χ3n) is 5.50. The number of likely N-dealkylation sites (tertiary alicyclic amines) is 1. The summed E-state index contributed by atoms with van der Waals surface area (Å²) in [6, 6.07) is 5.86. The lowest BCUT2D eigenvalue weighted by Gasteiger charge is -2.39. The van der Waals surface area contributed by atoms with E-state index in [1.165, 1.54) is 6.42 Å². The Balaban J connectivity index is 1.60. The minimum atomic E-state index is -3.69. The molecular formula is C18H27N3O3S. The van der Waals surface area contributed by atoms with Crippen molar-refractivity contribution >= 4 is 15.9 Å². The quantitative estimate of drug-likeness (QED) is 0.842. The molecule has 2 saturated heterocycles. The van der Waals surface area contributed by atoms with Crippen LogP contribution in [0.15, 0.2) is 29.2 Å². The van der Waals surface area contributed by atoms with Gasteiger partial charge in [0.25, 0.3) is 0 Å². The number of carbonyl (C=O) groups excluding carboxylic acids is 1. The maximum Gasteiger partial charge on any atom is 0.241 e. The largest absolute Gasteiger partial charge is 0.341 e. The summed E-state index contributed by atoms with van der Waals surface area (Å²) in [5.41, 5.74) is 1.33. The van der Waals surface area contributed by atoms with E-state index in [1.54, 1.807) is 36.1 Å². The number of piperidine rings is 1. The van der Waals surface area contributed by atoms with Gasteiger partial charge < -0.3 is 10.2 Å². The summed E-state index contributed by atoms with van der Waals surface area (Å²) in [6.45, 7) is 7.02. The highest BCUT2D eigenvalue weighted by Crippen LogP contribution is 2.37. The Morgan fingerprint density at radius 2 is 1.84 bits per heavy atom. The van der Waals surface area contributed by atoms with Crippen LogP contribution in [-0.2, 0) is 14.8 Å². The lowest BCUT2D eigenvalue weighted by atomic mass is 9.78. The van der Waals surface area contributed by atoms with Crippen LogP contribution in [0.5, 0.6) is 0 Å². The van der Waals surface area contributed by atoms with E-state index < -0.39 is 16.1 Å². The van der Waals surface area contributed by atoms with Gasteiger partial charge in [-0.15, -0.1) is 0 Å². The molecule has 3 rings (SSSR count). The van der Waals surface area contributed by atoms with Crippen LogP contribution in [-0.4, -0.2) is 51.4 Å². The van der Waals surface area contributed by atoms with Gasteiger partial charge in [0.1, 0.15) is 0 Å². The molecule has 2 N–H and O–H groups in total. The van der Waals surface area contributed by atoms with Gasteiger partial charge in [0.15, 0.2) is 0 Å². The van der Waals surface area contributed by atoms with Gasteiger partial charge in [0.2, 0.25) is 15.9 Å². The highest BCUT2D eigenvalue weighted by Gasteiger charge is 2.39. The molecule has 0 radical (unpaired) electrons. The van der Waals surface area contributed by atoms with Crippen molar-refractivity contribution in [1.29, 1.82) is 0 Å². The number of rotatable bonds is 4. The zero-order valence-electron chi connectivity index (χ0n) is 14.9. The average molecular weight is 365 g/mol. The maximum atomic E-state index is 12.6. The number of benzene rings is 1. The molecule has 6 nitrogen and oxygen atoms in total. The number of carbonyl (C=O) groups is 1. The predicted octanol–water partition coefficient (Wildman–Crippen LogP) is 1.26. The van der Waals surface area contributed by atoms with Crippen molar-refractivity contribution in [1.82, 2.24) is 14.9 Å². The highest BCUT2D eigenvalue weighted by atomic mass is 32.2. The SMILES string of the molecule is Cc1ccc(S(=O)(=O)NC(C)C(=O)N2CCC3(CCNC3)CC2)cc1. The monoisotopic (exact) mass is 365 g/mol. The summed E-state index contributed by atoms with van der Waals surface area (Å²) in [5, 5.41) is 3.41. The van der Waals surface area contributed by atoms with Crippen LogP contribution in [0.2, 0.25) is 0 Å². The highest BCUT2D eigenvalue weighted by molar-refractivity contribution is 7.89. The number of hydrogen-bond acceptors (Lipinski definition) is 4. The zero-order valence-corrected chi connectivity index (χ0v) is 15.7. The van der Waals surface area contributed by atoms with E-state index in [9.17, 15) is 13.2 Å². The number of nitrogens with zero attached hydrogens (tertiary/aromatic N) is 1. The summed E-state index contributed by atoms with van der Waals surface area (Å²) < 4.78 is 27.4. The second kappa shape index (κ2) is 7.05. The second-order valence-corrected chi connectivity index (χ2v) is 9.12. The van der Waals surface area contributed by atoms with Gasteiger partial charge in [0.05, 0.1) is 10.9 Å². The van der Waals surface area contributed by atoms with Crippen LogP contribution in [0, 0.1) is 12.3 Å². The summed E-state index contributed by atoms with van der Waals surface area (Å²) >= 11 is 0. The van der Waals surface area contributed by atoms with Crippen molar-refractivity contribution in [2.75, 3.05) is 26.2 Å². The first-order valence-electron chi connectivity index (χ1n) is 8.90. The predicted molar refractivity (Wildman–Crippen MR) is 96.7 cm³/mol. The third kappa shape index (κ3) is 4.04. The molecule has 1 spiro atoms. The molecule has 1 atom stereocenters. The van der Waals surface area contributed by atoms with Crippen LogP contribution in [0.25, 0.3) is 0 Å². The molecule has 1 aromatic carbocycles. The lowest BCUT2D eigenvalue weighted by molar-refractivity contribution is -0.134. The van der Waals surface area contributed by atoms with Crippen LogP contribution in [0.4, 0.5) is 0 Å². The van der Waals surface area contributed by atoms with Gasteiger partial charge in [-0.3, -0.25) is 4.79 Å². The Labute approximate surface area is 150 Å². The van der Waals surface area contributed by atoms with Crippen molar-refractivity contribution < 1.29 is 13.2 Å².